The summed E-state index contributed by atoms with van der Waals surface area (Å²) in [5.74, 6) is -0.641. The van der Waals surface area contributed by atoms with Gasteiger partial charge in [0.1, 0.15) is 0 Å². The minimum absolute atomic E-state index is 0.0388. The maximum absolute atomic E-state index is 11.2. The van der Waals surface area contributed by atoms with Crippen molar-refractivity contribution in [1.82, 2.24) is 0 Å². The largest absolute Gasteiger partial charge is 0.469 e. The molecule has 1 saturated heterocycles. The summed E-state index contributed by atoms with van der Waals surface area (Å²) in [7, 11) is 1.42. The molecule has 1 spiro atoms. The van der Waals surface area contributed by atoms with E-state index in [1.807, 2.05) is 0 Å². The highest BCUT2D eigenvalue weighted by molar-refractivity contribution is 5.72. The van der Waals surface area contributed by atoms with E-state index >= 15 is 0 Å². The highest BCUT2D eigenvalue weighted by Crippen LogP contribution is 2.41. The van der Waals surface area contributed by atoms with E-state index in [2.05, 4.69) is 4.74 Å². The van der Waals surface area contributed by atoms with Crippen molar-refractivity contribution in [2.75, 3.05) is 20.3 Å². The molecule has 1 unspecified atom stereocenters. The minimum atomic E-state index is -0.459. The van der Waals surface area contributed by atoms with Gasteiger partial charge in [-0.15, -0.1) is 0 Å². The van der Waals surface area contributed by atoms with Gasteiger partial charge in [-0.25, -0.2) is 0 Å². The average molecular weight is 186 g/mol. The smallest absolute Gasteiger partial charge is 0.308 e. The van der Waals surface area contributed by atoms with Gasteiger partial charge in [0.15, 0.2) is 5.79 Å². The maximum Gasteiger partial charge on any atom is 0.308 e. The lowest BCUT2D eigenvalue weighted by molar-refractivity contribution is -0.161. The molecule has 0 bridgehead atoms. The van der Waals surface area contributed by atoms with Crippen LogP contribution in [-0.2, 0) is 19.0 Å². The van der Waals surface area contributed by atoms with Crippen LogP contribution in [0.15, 0.2) is 0 Å². The molecule has 0 amide bonds. The zero-order valence-electron chi connectivity index (χ0n) is 7.75. The molecular formula is C9H14O4. The second-order valence-corrected chi connectivity index (χ2v) is 3.57. The third-order valence-electron chi connectivity index (χ3n) is 2.78. The molecule has 1 aliphatic carbocycles. The van der Waals surface area contributed by atoms with Crippen LogP contribution in [0, 0.1) is 5.92 Å². The van der Waals surface area contributed by atoms with Crippen LogP contribution in [0.5, 0.6) is 0 Å². The first kappa shape index (κ1) is 8.97. The molecule has 13 heavy (non-hydrogen) atoms. The lowest BCUT2D eigenvalue weighted by atomic mass is 10.1. The Kier molecular flexibility index (Phi) is 2.26. The van der Waals surface area contributed by atoms with Crippen molar-refractivity contribution in [2.45, 2.75) is 25.0 Å². The van der Waals surface area contributed by atoms with Gasteiger partial charge in [-0.2, -0.15) is 0 Å². The van der Waals surface area contributed by atoms with E-state index in [-0.39, 0.29) is 11.9 Å². The van der Waals surface area contributed by atoms with Gasteiger partial charge in [0.2, 0.25) is 0 Å². The van der Waals surface area contributed by atoms with Crippen molar-refractivity contribution >= 4 is 5.97 Å². The molecule has 4 nitrogen and oxygen atoms in total. The summed E-state index contributed by atoms with van der Waals surface area (Å²) in [4.78, 5) is 11.2. The van der Waals surface area contributed by atoms with E-state index in [0.29, 0.717) is 19.6 Å². The molecule has 0 aromatic rings. The topological polar surface area (TPSA) is 44.8 Å². The van der Waals surface area contributed by atoms with E-state index in [0.717, 1.165) is 12.8 Å². The van der Waals surface area contributed by atoms with Gasteiger partial charge >= 0.3 is 5.97 Å². The van der Waals surface area contributed by atoms with Crippen molar-refractivity contribution in [1.29, 1.82) is 0 Å². The Labute approximate surface area is 77.1 Å². The molecule has 1 aliphatic heterocycles. The molecule has 74 valence electrons. The number of carbonyl (C=O) groups excluding carboxylic acids is 1. The fourth-order valence-corrected chi connectivity index (χ4v) is 2.10. The molecule has 4 heteroatoms. The van der Waals surface area contributed by atoms with Crippen molar-refractivity contribution in [3.63, 3.8) is 0 Å². The number of methoxy groups -OCH3 is 1. The van der Waals surface area contributed by atoms with Gasteiger partial charge in [-0.3, -0.25) is 4.79 Å². The third-order valence-corrected chi connectivity index (χ3v) is 2.78. The predicted octanol–water partition coefficient (Wildman–Crippen LogP) is 0.703. The molecule has 2 rings (SSSR count). The second kappa shape index (κ2) is 3.27. The highest BCUT2D eigenvalue weighted by atomic mass is 16.7. The number of hydrogen-bond acceptors (Lipinski definition) is 4. The third kappa shape index (κ3) is 1.56. The van der Waals surface area contributed by atoms with Crippen LogP contribution in [-0.4, -0.2) is 32.1 Å². The summed E-state index contributed by atoms with van der Waals surface area (Å²) in [6.45, 7) is 1.29. The van der Waals surface area contributed by atoms with E-state index in [9.17, 15) is 4.79 Å². The van der Waals surface area contributed by atoms with Crippen molar-refractivity contribution in [3.8, 4) is 0 Å². The molecule has 0 aromatic carbocycles. The van der Waals surface area contributed by atoms with Gasteiger partial charge < -0.3 is 14.2 Å². The predicted molar refractivity (Wildman–Crippen MR) is 44.0 cm³/mol. The fourth-order valence-electron chi connectivity index (χ4n) is 2.10. The van der Waals surface area contributed by atoms with Crippen LogP contribution in [0.4, 0.5) is 0 Å². The van der Waals surface area contributed by atoms with Gasteiger partial charge in [0.25, 0.3) is 0 Å². The zero-order valence-corrected chi connectivity index (χ0v) is 7.75. The first-order chi connectivity index (χ1) is 6.26. The Balaban J connectivity index is 1.96. The lowest BCUT2D eigenvalue weighted by Crippen LogP contribution is -2.27. The van der Waals surface area contributed by atoms with Crippen molar-refractivity contribution in [2.24, 2.45) is 5.92 Å². The molecule has 0 N–H and O–H groups in total. The number of hydrogen-bond donors (Lipinski definition) is 0. The zero-order chi connectivity index (χ0) is 9.31. The molecular weight excluding hydrogens is 172 g/mol. The monoisotopic (exact) mass is 186 g/mol. The Morgan fingerprint density at radius 2 is 2.15 bits per heavy atom. The summed E-state index contributed by atoms with van der Waals surface area (Å²) in [6.07, 6.45) is 2.28. The molecule has 1 heterocycles. The van der Waals surface area contributed by atoms with Crippen LogP contribution in [0.3, 0.4) is 0 Å². The summed E-state index contributed by atoms with van der Waals surface area (Å²) in [5.41, 5.74) is 0. The van der Waals surface area contributed by atoms with Crippen LogP contribution >= 0.6 is 0 Å². The molecule has 0 radical (unpaired) electrons. The second-order valence-electron chi connectivity index (χ2n) is 3.57. The van der Waals surface area contributed by atoms with Gasteiger partial charge in [0, 0.05) is 12.8 Å². The van der Waals surface area contributed by atoms with Gasteiger partial charge in [-0.1, -0.05) is 0 Å². The molecule has 1 atom stereocenters. The van der Waals surface area contributed by atoms with Gasteiger partial charge in [-0.05, 0) is 6.42 Å². The number of rotatable bonds is 1. The van der Waals surface area contributed by atoms with Crippen LogP contribution in [0.2, 0.25) is 0 Å². The molecule has 2 fully saturated rings. The molecule has 1 saturated carbocycles. The summed E-state index contributed by atoms with van der Waals surface area (Å²) in [5, 5.41) is 0. The Morgan fingerprint density at radius 3 is 2.77 bits per heavy atom. The molecule has 2 aliphatic rings. The Bertz CT molecular complexity index is 208. The van der Waals surface area contributed by atoms with E-state index in [1.54, 1.807) is 0 Å². The number of esters is 1. The SMILES string of the molecule is COC(=O)C1CCC2(C1)OCCO2. The number of ether oxygens (including phenoxy) is 3. The van der Waals surface area contributed by atoms with E-state index < -0.39 is 5.79 Å². The first-order valence-corrected chi connectivity index (χ1v) is 4.61. The number of carbonyl (C=O) groups is 1. The van der Waals surface area contributed by atoms with Crippen molar-refractivity contribution in [3.05, 3.63) is 0 Å². The van der Waals surface area contributed by atoms with Crippen LogP contribution in [0.25, 0.3) is 0 Å². The summed E-state index contributed by atoms with van der Waals surface area (Å²) in [6, 6.07) is 0. The Hall–Kier alpha value is -0.610. The summed E-state index contributed by atoms with van der Waals surface area (Å²) < 4.78 is 15.7. The van der Waals surface area contributed by atoms with Crippen LogP contribution in [0.1, 0.15) is 19.3 Å². The standard InChI is InChI=1S/C9H14O4/c1-11-8(10)7-2-3-9(6-7)12-4-5-13-9/h7H,2-6H2,1H3. The fraction of sp³-hybridized carbons (Fsp3) is 0.889. The Morgan fingerprint density at radius 1 is 1.46 bits per heavy atom. The average Bonchev–Trinajstić information content (AvgIpc) is 2.76. The quantitative estimate of drug-likeness (QED) is 0.565. The molecule has 0 aromatic heterocycles. The minimum Gasteiger partial charge on any atom is -0.469 e. The lowest BCUT2D eigenvalue weighted by Gasteiger charge is -2.20. The first-order valence-electron chi connectivity index (χ1n) is 4.61. The van der Waals surface area contributed by atoms with E-state index in [1.165, 1.54) is 7.11 Å². The normalized spacial score (nSPS) is 31.0. The highest BCUT2D eigenvalue weighted by Gasteiger charge is 2.46. The summed E-state index contributed by atoms with van der Waals surface area (Å²) >= 11 is 0. The van der Waals surface area contributed by atoms with Crippen LogP contribution < -0.4 is 0 Å². The van der Waals surface area contributed by atoms with Gasteiger partial charge in [0.05, 0.1) is 26.2 Å². The van der Waals surface area contributed by atoms with Crippen molar-refractivity contribution < 1.29 is 19.0 Å². The van der Waals surface area contributed by atoms with E-state index in [4.69, 9.17) is 9.47 Å². The maximum atomic E-state index is 11.2.